The zero-order valence-electron chi connectivity index (χ0n) is 16.5. The summed E-state index contributed by atoms with van der Waals surface area (Å²) in [5.41, 5.74) is 0. The molecule has 29 heavy (non-hydrogen) atoms. The van der Waals surface area contributed by atoms with Crippen LogP contribution in [0, 0.1) is 0 Å². The minimum Gasteiger partial charge on any atom is -0.761 e. The van der Waals surface area contributed by atoms with Crippen LogP contribution in [0.25, 0.3) is 0 Å². The quantitative estimate of drug-likeness (QED) is 0.232. The van der Waals surface area contributed by atoms with Gasteiger partial charge in [0.1, 0.15) is 0 Å². The molecule has 11 heteroatoms. The fourth-order valence-corrected chi connectivity index (χ4v) is 3.04. The predicted molar refractivity (Wildman–Crippen MR) is 118 cm³/mol. The van der Waals surface area contributed by atoms with E-state index in [9.17, 15) is 0 Å². The van der Waals surface area contributed by atoms with Crippen molar-refractivity contribution in [2.75, 3.05) is 78.8 Å². The number of aliphatic imine (C=N–C) groups is 2. The van der Waals surface area contributed by atoms with E-state index in [0.29, 0.717) is 10.1 Å². The monoisotopic (exact) mass is 489 g/mol. The summed E-state index contributed by atoms with van der Waals surface area (Å²) in [6.45, 7) is 10.7. The van der Waals surface area contributed by atoms with E-state index in [4.69, 9.17) is 34.7 Å². The van der Waals surface area contributed by atoms with Gasteiger partial charge < -0.3 is 45.4 Å². The maximum Gasteiger partial charge on any atom is 2.00 e. The van der Waals surface area contributed by atoms with Crippen LogP contribution in [0.2, 0.25) is 0 Å². The number of nitrogens with zero attached hydrogens (tertiary/aromatic N) is 4. The molecule has 0 amide bonds. The van der Waals surface area contributed by atoms with Crippen molar-refractivity contribution in [3.05, 3.63) is 22.5 Å². The first-order chi connectivity index (χ1) is 13.7. The fourth-order valence-electron chi connectivity index (χ4n) is 2.71. The van der Waals surface area contributed by atoms with Gasteiger partial charge in [-0.25, -0.2) is 0 Å². The summed E-state index contributed by atoms with van der Waals surface area (Å²) in [4.78, 5) is 12.9. The zero-order chi connectivity index (χ0) is 19.9. The number of hydrogen-bond acceptors (Lipinski definition) is 10. The van der Waals surface area contributed by atoms with Crippen molar-refractivity contribution < 1.29 is 26.5 Å². The maximum atomic E-state index is 5.33. The van der Waals surface area contributed by atoms with E-state index >= 15 is 0 Å². The molecule has 2 rings (SSSR count). The fraction of sp³-hybridized carbons (Fsp3) is 0.667. The minimum absolute atomic E-state index is 0. The molecule has 2 N–H and O–H groups in total. The Morgan fingerprint density at radius 2 is 1.14 bits per heavy atom. The second-order valence-corrected chi connectivity index (χ2v) is 7.22. The summed E-state index contributed by atoms with van der Waals surface area (Å²) in [6, 6.07) is 0. The van der Waals surface area contributed by atoms with Crippen LogP contribution in [0.3, 0.4) is 0 Å². The summed E-state index contributed by atoms with van der Waals surface area (Å²) >= 11 is 10.4. The van der Waals surface area contributed by atoms with E-state index < -0.39 is 0 Å². The molecule has 0 saturated carbocycles. The molecule has 0 aromatic heterocycles. The minimum atomic E-state index is 0. The average Bonchev–Trinajstić information content (AvgIpc) is 2.72. The topological polar surface area (TPSA) is 73.7 Å². The molecule has 1 radical (unpaired) electrons. The second-order valence-electron chi connectivity index (χ2n) is 6.34. The Balaban J connectivity index is 0.00000420. The van der Waals surface area contributed by atoms with Gasteiger partial charge in [-0.3, -0.25) is 19.8 Å². The Bertz CT molecular complexity index is 502. The van der Waals surface area contributed by atoms with Crippen molar-refractivity contribution in [1.82, 2.24) is 20.4 Å². The van der Waals surface area contributed by atoms with E-state index in [1.807, 2.05) is 0 Å². The molecule has 0 aromatic rings. The van der Waals surface area contributed by atoms with E-state index in [1.54, 1.807) is 24.8 Å². The van der Waals surface area contributed by atoms with Crippen LogP contribution in [0.5, 0.6) is 0 Å². The Morgan fingerprint density at radius 1 is 0.759 bits per heavy atom. The van der Waals surface area contributed by atoms with Crippen LogP contribution < -0.4 is 10.6 Å². The molecule has 0 unspecified atom stereocenters. The van der Waals surface area contributed by atoms with Crippen molar-refractivity contribution in [3.63, 3.8) is 0 Å². The second kappa shape index (κ2) is 17.0. The summed E-state index contributed by atoms with van der Waals surface area (Å²) in [5.74, 6) is 0. The van der Waals surface area contributed by atoms with Gasteiger partial charge in [-0.1, -0.05) is 10.1 Å². The van der Waals surface area contributed by atoms with Crippen molar-refractivity contribution in [3.8, 4) is 0 Å². The van der Waals surface area contributed by atoms with Crippen molar-refractivity contribution >= 4 is 37.7 Å². The molecular weight excluding hydrogens is 460 g/mol. The largest absolute Gasteiger partial charge is 2.00 e. The molecule has 2 aliphatic heterocycles. The Labute approximate surface area is 195 Å². The SMILES string of the molecule is [Cu+2].[S-]/C(=C\N=CC=N/C=C(\[S-])NCCN1CCOCC1)NCCN1CCOCC1. The van der Waals surface area contributed by atoms with Gasteiger partial charge in [0.05, 0.1) is 26.4 Å². The third-order valence-electron chi connectivity index (χ3n) is 4.28. The average molecular weight is 490 g/mol. The molecule has 2 aliphatic rings. The van der Waals surface area contributed by atoms with Crippen molar-refractivity contribution in [2.24, 2.45) is 9.98 Å². The number of rotatable bonds is 11. The third-order valence-corrected chi connectivity index (χ3v) is 4.78. The van der Waals surface area contributed by atoms with E-state index in [-0.39, 0.29) is 17.1 Å². The van der Waals surface area contributed by atoms with Crippen LogP contribution in [0.4, 0.5) is 0 Å². The number of nitrogens with one attached hydrogen (secondary N) is 2. The summed E-state index contributed by atoms with van der Waals surface area (Å²) in [5, 5.41) is 7.57. The standard InChI is InChI=1S/C18H32N6O2S2.Cu/c27-17(21-3-5-23-7-11-25-12-8-23)15-19-1-2-20-16-18(28)22-4-6-24-9-13-26-14-10-24;/h1-2,15-16,21-22,27-28H,3-14H2;/q;+2/p-2/b17-15-,18-16-,19-1?,20-2?;. The number of hydrogen-bond donors (Lipinski definition) is 2. The first-order valence-corrected chi connectivity index (χ1v) is 10.4. The third kappa shape index (κ3) is 13.2. The van der Waals surface area contributed by atoms with Crippen LogP contribution >= 0.6 is 0 Å². The molecule has 2 saturated heterocycles. The molecule has 2 fully saturated rings. The van der Waals surface area contributed by atoms with Crippen molar-refractivity contribution in [2.45, 2.75) is 0 Å². The molecule has 2 heterocycles. The van der Waals surface area contributed by atoms with Crippen LogP contribution in [-0.2, 0) is 51.8 Å². The Morgan fingerprint density at radius 3 is 1.52 bits per heavy atom. The van der Waals surface area contributed by atoms with Gasteiger partial charge in [-0.15, -0.1) is 0 Å². The summed E-state index contributed by atoms with van der Waals surface area (Å²) < 4.78 is 10.7. The molecule has 0 aromatic carbocycles. The van der Waals surface area contributed by atoms with Gasteiger partial charge in [0.2, 0.25) is 0 Å². The normalized spacial score (nSPS) is 20.1. The van der Waals surface area contributed by atoms with Gasteiger partial charge in [-0.05, 0) is 0 Å². The molecular formula is C18H30CuN6O2S2. The summed E-state index contributed by atoms with van der Waals surface area (Å²) in [7, 11) is 0. The molecule has 0 spiro atoms. The molecule has 0 atom stereocenters. The number of morpholine rings is 2. The van der Waals surface area contributed by atoms with E-state index in [2.05, 4.69) is 30.4 Å². The van der Waals surface area contributed by atoms with Crippen LogP contribution in [-0.4, -0.2) is 101 Å². The van der Waals surface area contributed by atoms with E-state index in [0.717, 1.165) is 78.8 Å². The van der Waals surface area contributed by atoms with Gasteiger partial charge in [0, 0.05) is 77.2 Å². The van der Waals surface area contributed by atoms with Gasteiger partial charge in [0.15, 0.2) is 0 Å². The Kier molecular flexibility index (Phi) is 15.4. The van der Waals surface area contributed by atoms with Gasteiger partial charge >= 0.3 is 17.1 Å². The van der Waals surface area contributed by atoms with Crippen molar-refractivity contribution in [1.29, 1.82) is 0 Å². The van der Waals surface area contributed by atoms with E-state index in [1.165, 1.54) is 0 Å². The molecule has 0 aliphatic carbocycles. The van der Waals surface area contributed by atoms with Crippen LogP contribution in [0.1, 0.15) is 0 Å². The maximum absolute atomic E-state index is 5.33. The zero-order valence-corrected chi connectivity index (χ0v) is 19.1. The first kappa shape index (κ1) is 26.3. The molecule has 8 nitrogen and oxygen atoms in total. The van der Waals surface area contributed by atoms with Crippen LogP contribution in [0.15, 0.2) is 32.4 Å². The Hall–Kier alpha value is -0.781. The molecule has 167 valence electrons. The smallest absolute Gasteiger partial charge is 0.761 e. The first-order valence-electron chi connectivity index (χ1n) is 9.61. The summed E-state index contributed by atoms with van der Waals surface area (Å²) in [6.07, 6.45) is 6.39. The number of ether oxygens (including phenoxy) is 2. The molecule has 0 bridgehead atoms. The predicted octanol–water partition coefficient (Wildman–Crippen LogP) is -0.339. The van der Waals surface area contributed by atoms with Gasteiger partial charge in [-0.2, -0.15) is 0 Å². The van der Waals surface area contributed by atoms with Gasteiger partial charge in [0.25, 0.3) is 0 Å².